The Bertz CT molecular complexity index is 568. The first-order valence-corrected chi connectivity index (χ1v) is 9.46. The van der Waals surface area contributed by atoms with Crippen LogP contribution in [0.1, 0.15) is 45.1 Å². The molecule has 2 aliphatic rings. The average Bonchev–Trinajstić information content (AvgIpc) is 2.59. The first-order valence-electron chi connectivity index (χ1n) is 9.46. The number of piperazine rings is 1. The van der Waals surface area contributed by atoms with Crippen LogP contribution in [0.15, 0.2) is 30.3 Å². The number of nitrogens with zero attached hydrogens (tertiary/aromatic N) is 2. The maximum absolute atomic E-state index is 12.6. The third kappa shape index (κ3) is 4.73. The Morgan fingerprint density at radius 3 is 2.48 bits per heavy atom. The van der Waals surface area contributed by atoms with Gasteiger partial charge in [0.15, 0.2) is 0 Å². The Balaban J connectivity index is 1.53. The van der Waals surface area contributed by atoms with Crippen molar-refractivity contribution < 1.29 is 9.90 Å². The van der Waals surface area contributed by atoms with E-state index in [1.807, 2.05) is 11.0 Å². The van der Waals surface area contributed by atoms with Gasteiger partial charge in [0.2, 0.25) is 0 Å². The molecular weight excluding hydrogens is 314 g/mol. The van der Waals surface area contributed by atoms with Crippen molar-refractivity contribution in [3.63, 3.8) is 0 Å². The van der Waals surface area contributed by atoms with E-state index in [2.05, 4.69) is 48.3 Å². The Labute approximate surface area is 151 Å². The standard InChI is InChI=1S/C20H31N3O2/c1-20(2)15-22(19(25)21-17-8-10-18(24)11-9-17)12-13-23(20)14-16-6-4-3-5-7-16/h3-7,17-18,24H,8-15H2,1-2H3,(H,21,25). The number of aliphatic hydroxyl groups is 1. The largest absolute Gasteiger partial charge is 0.393 e. The highest BCUT2D eigenvalue weighted by Crippen LogP contribution is 2.24. The molecule has 138 valence electrons. The zero-order chi connectivity index (χ0) is 17.9. The molecule has 0 aromatic heterocycles. The third-order valence-corrected chi connectivity index (χ3v) is 5.60. The van der Waals surface area contributed by atoms with Gasteiger partial charge in [-0.2, -0.15) is 0 Å². The topological polar surface area (TPSA) is 55.8 Å². The molecule has 1 saturated carbocycles. The van der Waals surface area contributed by atoms with E-state index in [1.165, 1.54) is 5.56 Å². The molecule has 0 atom stereocenters. The van der Waals surface area contributed by atoms with Crippen molar-refractivity contribution in [2.75, 3.05) is 19.6 Å². The summed E-state index contributed by atoms with van der Waals surface area (Å²) in [7, 11) is 0. The predicted octanol–water partition coefficient (Wildman–Crippen LogP) is 2.60. The van der Waals surface area contributed by atoms with Gasteiger partial charge in [0.05, 0.1) is 6.10 Å². The minimum Gasteiger partial charge on any atom is -0.393 e. The molecule has 0 spiro atoms. The summed E-state index contributed by atoms with van der Waals surface area (Å²) in [4.78, 5) is 17.0. The third-order valence-electron chi connectivity index (χ3n) is 5.60. The molecule has 5 nitrogen and oxygen atoms in total. The van der Waals surface area contributed by atoms with E-state index in [-0.39, 0.29) is 23.7 Å². The molecule has 1 aromatic rings. The van der Waals surface area contributed by atoms with Crippen LogP contribution in [0.4, 0.5) is 4.79 Å². The maximum Gasteiger partial charge on any atom is 0.317 e. The number of amides is 2. The lowest BCUT2D eigenvalue weighted by Crippen LogP contribution is -2.62. The summed E-state index contributed by atoms with van der Waals surface area (Å²) in [5.74, 6) is 0. The van der Waals surface area contributed by atoms with Crippen molar-refractivity contribution in [2.45, 2.75) is 63.8 Å². The highest BCUT2D eigenvalue weighted by atomic mass is 16.3. The van der Waals surface area contributed by atoms with E-state index >= 15 is 0 Å². The van der Waals surface area contributed by atoms with Crippen LogP contribution in [0.3, 0.4) is 0 Å². The van der Waals surface area contributed by atoms with E-state index in [4.69, 9.17) is 0 Å². The van der Waals surface area contributed by atoms with E-state index in [1.54, 1.807) is 0 Å². The molecule has 1 saturated heterocycles. The predicted molar refractivity (Wildman–Crippen MR) is 99.3 cm³/mol. The summed E-state index contributed by atoms with van der Waals surface area (Å²) < 4.78 is 0. The Kier molecular flexibility index (Phi) is 5.64. The molecule has 2 amide bonds. The lowest BCUT2D eigenvalue weighted by Gasteiger charge is -2.47. The molecule has 0 bridgehead atoms. The van der Waals surface area contributed by atoms with E-state index in [0.29, 0.717) is 0 Å². The summed E-state index contributed by atoms with van der Waals surface area (Å²) in [6, 6.07) is 10.8. The summed E-state index contributed by atoms with van der Waals surface area (Å²) in [5.41, 5.74) is 1.27. The molecule has 1 heterocycles. The fourth-order valence-corrected chi connectivity index (χ4v) is 3.95. The van der Waals surface area contributed by atoms with Crippen molar-refractivity contribution in [1.82, 2.24) is 15.1 Å². The van der Waals surface area contributed by atoms with Crippen LogP contribution in [-0.2, 0) is 6.54 Å². The second-order valence-corrected chi connectivity index (χ2v) is 8.10. The van der Waals surface area contributed by atoms with E-state index < -0.39 is 0 Å². The smallest absolute Gasteiger partial charge is 0.317 e. The average molecular weight is 345 g/mol. The van der Waals surface area contributed by atoms with Gasteiger partial charge in [-0.3, -0.25) is 4.90 Å². The van der Waals surface area contributed by atoms with Gasteiger partial charge in [-0.25, -0.2) is 4.79 Å². The summed E-state index contributed by atoms with van der Waals surface area (Å²) in [5, 5.41) is 12.8. The monoisotopic (exact) mass is 345 g/mol. The van der Waals surface area contributed by atoms with Crippen LogP contribution >= 0.6 is 0 Å². The fourth-order valence-electron chi connectivity index (χ4n) is 3.95. The number of carbonyl (C=O) groups excluding carboxylic acids is 1. The molecule has 1 aromatic carbocycles. The minimum absolute atomic E-state index is 0.0474. The first-order chi connectivity index (χ1) is 11.9. The Morgan fingerprint density at radius 1 is 1.16 bits per heavy atom. The second-order valence-electron chi connectivity index (χ2n) is 8.10. The van der Waals surface area contributed by atoms with Gasteiger partial charge in [0.1, 0.15) is 0 Å². The van der Waals surface area contributed by atoms with Gasteiger partial charge < -0.3 is 15.3 Å². The number of urea groups is 1. The van der Waals surface area contributed by atoms with Crippen LogP contribution in [0.5, 0.6) is 0 Å². The zero-order valence-electron chi connectivity index (χ0n) is 15.4. The number of benzene rings is 1. The van der Waals surface area contributed by atoms with Crippen molar-refractivity contribution in [2.24, 2.45) is 0 Å². The SMILES string of the molecule is CC1(C)CN(C(=O)NC2CCC(O)CC2)CCN1Cc1ccccc1. The quantitative estimate of drug-likeness (QED) is 0.885. The van der Waals surface area contributed by atoms with Crippen LogP contribution in [0.25, 0.3) is 0 Å². The lowest BCUT2D eigenvalue weighted by atomic mass is 9.93. The molecule has 2 fully saturated rings. The maximum atomic E-state index is 12.6. The van der Waals surface area contributed by atoms with Gasteiger partial charge >= 0.3 is 6.03 Å². The summed E-state index contributed by atoms with van der Waals surface area (Å²) in [6.45, 7) is 7.74. The number of rotatable bonds is 3. The van der Waals surface area contributed by atoms with Crippen LogP contribution in [0.2, 0.25) is 0 Å². The van der Waals surface area contributed by atoms with Gasteiger partial charge in [-0.05, 0) is 45.1 Å². The van der Waals surface area contributed by atoms with Crippen molar-refractivity contribution in [3.05, 3.63) is 35.9 Å². The molecule has 1 aliphatic heterocycles. The Hall–Kier alpha value is -1.59. The van der Waals surface area contributed by atoms with Crippen molar-refractivity contribution >= 4 is 6.03 Å². The van der Waals surface area contributed by atoms with Crippen molar-refractivity contribution in [3.8, 4) is 0 Å². The van der Waals surface area contributed by atoms with E-state index in [0.717, 1.165) is 51.9 Å². The molecule has 0 unspecified atom stereocenters. The first kappa shape index (κ1) is 18.2. The van der Waals surface area contributed by atoms with Gasteiger partial charge in [0.25, 0.3) is 0 Å². The molecule has 5 heteroatoms. The fraction of sp³-hybridized carbons (Fsp3) is 0.650. The number of carbonyl (C=O) groups is 1. The molecule has 25 heavy (non-hydrogen) atoms. The van der Waals surface area contributed by atoms with Gasteiger partial charge in [0, 0.05) is 37.8 Å². The number of hydrogen-bond acceptors (Lipinski definition) is 3. The normalized spacial score (nSPS) is 27.1. The number of aliphatic hydroxyl groups excluding tert-OH is 1. The molecule has 3 rings (SSSR count). The Morgan fingerprint density at radius 2 is 1.84 bits per heavy atom. The number of hydrogen-bond donors (Lipinski definition) is 2. The highest BCUT2D eigenvalue weighted by Gasteiger charge is 2.36. The lowest BCUT2D eigenvalue weighted by molar-refractivity contribution is 0.0283. The summed E-state index contributed by atoms with van der Waals surface area (Å²) in [6.07, 6.45) is 3.16. The molecule has 0 radical (unpaired) electrons. The molecular formula is C20H31N3O2. The van der Waals surface area contributed by atoms with Crippen molar-refractivity contribution in [1.29, 1.82) is 0 Å². The van der Waals surface area contributed by atoms with Crippen LogP contribution in [0, 0.1) is 0 Å². The van der Waals surface area contributed by atoms with Gasteiger partial charge in [-0.15, -0.1) is 0 Å². The summed E-state index contributed by atoms with van der Waals surface area (Å²) >= 11 is 0. The molecule has 2 N–H and O–H groups in total. The number of nitrogens with one attached hydrogen (secondary N) is 1. The highest BCUT2D eigenvalue weighted by molar-refractivity contribution is 5.74. The minimum atomic E-state index is -0.186. The zero-order valence-corrected chi connectivity index (χ0v) is 15.4. The van der Waals surface area contributed by atoms with Gasteiger partial charge in [-0.1, -0.05) is 30.3 Å². The second kappa shape index (κ2) is 7.75. The van der Waals surface area contributed by atoms with Crippen LogP contribution < -0.4 is 5.32 Å². The molecule has 1 aliphatic carbocycles. The van der Waals surface area contributed by atoms with E-state index in [9.17, 15) is 9.90 Å². The van der Waals surface area contributed by atoms with Crippen LogP contribution in [-0.4, -0.2) is 58.3 Å².